The van der Waals surface area contributed by atoms with E-state index in [1.807, 2.05) is 31.4 Å². The molecule has 0 bridgehead atoms. The molecule has 0 unspecified atom stereocenters. The Balaban J connectivity index is 1.99. The summed E-state index contributed by atoms with van der Waals surface area (Å²) in [6.45, 7) is 5.04. The van der Waals surface area contributed by atoms with E-state index in [1.165, 1.54) is 0 Å². The second-order valence-electron chi connectivity index (χ2n) is 5.10. The maximum Gasteiger partial charge on any atom is 0.192 e. The van der Waals surface area contributed by atoms with Crippen molar-refractivity contribution in [2.45, 2.75) is 36.6 Å². The van der Waals surface area contributed by atoms with Gasteiger partial charge >= 0.3 is 0 Å². The normalized spacial score (nSPS) is 11.6. The van der Waals surface area contributed by atoms with Gasteiger partial charge in [0.25, 0.3) is 0 Å². The molecule has 0 atom stereocenters. The summed E-state index contributed by atoms with van der Waals surface area (Å²) in [5, 5.41) is 9.36. The first kappa shape index (κ1) is 14.1. The minimum atomic E-state index is 0.423. The molecule has 3 aromatic heterocycles. The molecule has 0 aliphatic carbocycles. The van der Waals surface area contributed by atoms with Gasteiger partial charge in [0.1, 0.15) is 17.0 Å². The van der Waals surface area contributed by atoms with E-state index in [0.29, 0.717) is 6.04 Å². The lowest BCUT2D eigenvalue weighted by Gasteiger charge is -2.09. The zero-order valence-electron chi connectivity index (χ0n) is 12.3. The van der Waals surface area contributed by atoms with E-state index in [-0.39, 0.29) is 0 Å². The predicted octanol–water partition coefficient (Wildman–Crippen LogP) is 2.11. The van der Waals surface area contributed by atoms with Crippen LogP contribution in [-0.4, -0.2) is 30.2 Å². The van der Waals surface area contributed by atoms with Crippen molar-refractivity contribution in [2.24, 2.45) is 7.05 Å². The van der Waals surface area contributed by atoms with E-state index < -0.39 is 0 Å². The average molecular weight is 302 g/mol. The van der Waals surface area contributed by atoms with E-state index in [2.05, 4.69) is 33.6 Å². The van der Waals surface area contributed by atoms with Crippen molar-refractivity contribution < 1.29 is 0 Å². The third-order valence-corrected chi connectivity index (χ3v) is 4.20. The molecule has 0 aromatic carbocycles. The van der Waals surface area contributed by atoms with Gasteiger partial charge in [-0.05, 0) is 23.9 Å². The van der Waals surface area contributed by atoms with Crippen LogP contribution in [0, 0.1) is 0 Å². The summed E-state index contributed by atoms with van der Waals surface area (Å²) >= 11 is 1.54. The smallest absolute Gasteiger partial charge is 0.192 e. The zero-order valence-corrected chi connectivity index (χ0v) is 13.1. The highest BCUT2D eigenvalue weighted by atomic mass is 32.2. The number of fused-ring (bicyclic) bond motifs is 1. The van der Waals surface area contributed by atoms with Crippen molar-refractivity contribution in [1.29, 1.82) is 0 Å². The van der Waals surface area contributed by atoms with Crippen LogP contribution < -0.4 is 5.32 Å². The molecule has 3 rings (SSSR count). The number of rotatable bonds is 5. The Morgan fingerprint density at radius 3 is 2.90 bits per heavy atom. The van der Waals surface area contributed by atoms with E-state index >= 15 is 0 Å². The maximum absolute atomic E-state index is 4.71. The van der Waals surface area contributed by atoms with Crippen LogP contribution in [0.4, 0.5) is 0 Å². The Labute approximate surface area is 127 Å². The van der Waals surface area contributed by atoms with Crippen molar-refractivity contribution in [3.8, 4) is 0 Å². The van der Waals surface area contributed by atoms with Crippen LogP contribution in [-0.2, 0) is 13.6 Å². The fourth-order valence-electron chi connectivity index (χ4n) is 2.03. The number of aryl methyl sites for hydroxylation is 1. The van der Waals surface area contributed by atoms with Crippen molar-refractivity contribution in [1.82, 2.24) is 29.5 Å². The Kier molecular flexibility index (Phi) is 3.94. The fourth-order valence-corrected chi connectivity index (χ4v) is 2.91. The number of hydrogen-bond donors (Lipinski definition) is 1. The number of pyridine rings is 1. The summed E-state index contributed by atoms with van der Waals surface area (Å²) in [7, 11) is 1.89. The zero-order chi connectivity index (χ0) is 14.8. The molecule has 7 heteroatoms. The van der Waals surface area contributed by atoms with Gasteiger partial charge in [-0.1, -0.05) is 19.9 Å². The summed E-state index contributed by atoms with van der Waals surface area (Å²) in [4.78, 5) is 8.97. The summed E-state index contributed by atoms with van der Waals surface area (Å²) in [6.07, 6.45) is 3.60. The molecular formula is C14H18N6S. The molecule has 1 N–H and O–H groups in total. The van der Waals surface area contributed by atoms with E-state index in [4.69, 9.17) is 4.98 Å². The highest BCUT2D eigenvalue weighted by molar-refractivity contribution is 7.99. The molecular weight excluding hydrogens is 284 g/mol. The molecule has 0 saturated heterocycles. The Hall–Kier alpha value is -1.86. The molecule has 0 spiro atoms. The van der Waals surface area contributed by atoms with E-state index in [9.17, 15) is 0 Å². The van der Waals surface area contributed by atoms with Gasteiger partial charge in [0.2, 0.25) is 0 Å². The maximum atomic E-state index is 4.71. The quantitative estimate of drug-likeness (QED) is 0.782. The van der Waals surface area contributed by atoms with Gasteiger partial charge in [-0.25, -0.2) is 14.6 Å². The SMILES string of the molecule is CC(C)NCc1c(Sc2ncnn2C)nc2ccccn12. The van der Waals surface area contributed by atoms with Crippen LogP contribution in [0.5, 0.6) is 0 Å². The summed E-state index contributed by atoms with van der Waals surface area (Å²) in [6, 6.07) is 6.45. The standard InChI is InChI=1S/C14H18N6S/c1-10(2)15-8-11-13(21-14-16-9-17-19(14)3)18-12-6-4-5-7-20(11)12/h4-7,9-10,15H,8H2,1-3H3. The molecule has 6 nitrogen and oxygen atoms in total. The largest absolute Gasteiger partial charge is 0.309 e. The van der Waals surface area contributed by atoms with Crippen LogP contribution in [0.25, 0.3) is 5.65 Å². The van der Waals surface area contributed by atoms with Crippen LogP contribution in [0.2, 0.25) is 0 Å². The third kappa shape index (κ3) is 2.93. The molecule has 3 heterocycles. The second kappa shape index (κ2) is 5.87. The van der Waals surface area contributed by atoms with Gasteiger partial charge in [-0.2, -0.15) is 5.10 Å². The van der Waals surface area contributed by atoms with Crippen molar-refractivity contribution in [3.05, 3.63) is 36.4 Å². The van der Waals surface area contributed by atoms with Gasteiger partial charge in [0.15, 0.2) is 5.16 Å². The lowest BCUT2D eigenvalue weighted by molar-refractivity contribution is 0.574. The molecule has 0 fully saturated rings. The van der Waals surface area contributed by atoms with Crippen molar-refractivity contribution >= 4 is 17.4 Å². The molecule has 0 saturated carbocycles. The van der Waals surface area contributed by atoms with Crippen LogP contribution in [0.3, 0.4) is 0 Å². The molecule has 0 aliphatic heterocycles. The number of imidazole rings is 1. The number of aromatic nitrogens is 5. The first-order valence-electron chi connectivity index (χ1n) is 6.86. The van der Waals surface area contributed by atoms with Gasteiger partial charge < -0.3 is 9.72 Å². The molecule has 3 aromatic rings. The second-order valence-corrected chi connectivity index (χ2v) is 6.05. The van der Waals surface area contributed by atoms with Gasteiger partial charge in [0.05, 0.1) is 5.69 Å². The predicted molar refractivity (Wildman–Crippen MR) is 82.3 cm³/mol. The van der Waals surface area contributed by atoms with Crippen LogP contribution in [0.1, 0.15) is 19.5 Å². The topological polar surface area (TPSA) is 60.0 Å². The first-order chi connectivity index (χ1) is 10.1. The Morgan fingerprint density at radius 1 is 1.33 bits per heavy atom. The lowest BCUT2D eigenvalue weighted by Crippen LogP contribution is -2.23. The molecule has 110 valence electrons. The molecule has 21 heavy (non-hydrogen) atoms. The Morgan fingerprint density at radius 2 is 2.19 bits per heavy atom. The number of hydrogen-bond acceptors (Lipinski definition) is 5. The highest BCUT2D eigenvalue weighted by Crippen LogP contribution is 2.28. The number of nitrogens with one attached hydrogen (secondary N) is 1. The van der Waals surface area contributed by atoms with E-state index in [0.717, 1.165) is 28.1 Å². The average Bonchev–Trinajstić information content (AvgIpc) is 3.01. The van der Waals surface area contributed by atoms with Gasteiger partial charge in [-0.15, -0.1) is 0 Å². The molecule has 0 amide bonds. The summed E-state index contributed by atoms with van der Waals surface area (Å²) < 4.78 is 3.88. The fraction of sp³-hybridized carbons (Fsp3) is 0.357. The molecule has 0 aliphatic rings. The highest BCUT2D eigenvalue weighted by Gasteiger charge is 2.15. The number of nitrogens with zero attached hydrogens (tertiary/aromatic N) is 5. The van der Waals surface area contributed by atoms with Gasteiger partial charge in [-0.3, -0.25) is 0 Å². The summed E-state index contributed by atoms with van der Waals surface area (Å²) in [5.41, 5.74) is 2.09. The first-order valence-corrected chi connectivity index (χ1v) is 7.68. The minimum absolute atomic E-state index is 0.423. The summed E-state index contributed by atoms with van der Waals surface area (Å²) in [5.74, 6) is 0. The van der Waals surface area contributed by atoms with Crippen molar-refractivity contribution in [3.63, 3.8) is 0 Å². The minimum Gasteiger partial charge on any atom is -0.309 e. The van der Waals surface area contributed by atoms with E-state index in [1.54, 1.807) is 22.8 Å². The van der Waals surface area contributed by atoms with Crippen molar-refractivity contribution in [2.75, 3.05) is 0 Å². The van der Waals surface area contributed by atoms with Crippen LogP contribution >= 0.6 is 11.8 Å². The monoisotopic (exact) mass is 302 g/mol. The van der Waals surface area contributed by atoms with Gasteiger partial charge in [0, 0.05) is 25.8 Å². The molecule has 0 radical (unpaired) electrons. The Bertz CT molecular complexity index is 745. The van der Waals surface area contributed by atoms with Crippen LogP contribution in [0.15, 0.2) is 40.9 Å². The lowest BCUT2D eigenvalue weighted by atomic mass is 10.3. The third-order valence-electron chi connectivity index (χ3n) is 3.13.